The highest BCUT2D eigenvalue weighted by Gasteiger charge is 2.38. The minimum Gasteiger partial charge on any atom is -0.465 e. The van der Waals surface area contributed by atoms with Crippen molar-refractivity contribution in [3.8, 4) is 0 Å². The summed E-state index contributed by atoms with van der Waals surface area (Å²) in [6.07, 6.45) is -0.0900. The molecule has 0 aromatic heterocycles. The van der Waals surface area contributed by atoms with Crippen molar-refractivity contribution in [1.29, 1.82) is 0 Å². The van der Waals surface area contributed by atoms with E-state index in [-0.39, 0.29) is 17.8 Å². The van der Waals surface area contributed by atoms with E-state index < -0.39 is 6.09 Å². The minimum absolute atomic E-state index is 0.194. The number of carbonyl (C=O) groups is 1. The third-order valence-corrected chi connectivity index (χ3v) is 5.43. The second-order valence-corrected chi connectivity index (χ2v) is 7.13. The molecule has 7 heteroatoms. The SMILES string of the molecule is Cc1cc(F)ccc1C1C(CNCCN2CCOCC2)CCN1C(=O)O. The Balaban J connectivity index is 1.60. The van der Waals surface area contributed by atoms with E-state index in [1.54, 1.807) is 6.07 Å². The summed E-state index contributed by atoms with van der Waals surface area (Å²) in [7, 11) is 0. The molecule has 1 amide bonds. The molecule has 0 aliphatic carbocycles. The Morgan fingerprint density at radius 1 is 1.35 bits per heavy atom. The van der Waals surface area contributed by atoms with Gasteiger partial charge in [0.2, 0.25) is 0 Å². The van der Waals surface area contributed by atoms with Crippen molar-refractivity contribution in [3.63, 3.8) is 0 Å². The van der Waals surface area contributed by atoms with Gasteiger partial charge in [-0.3, -0.25) is 4.90 Å². The highest BCUT2D eigenvalue weighted by Crippen LogP contribution is 2.38. The standard InChI is InChI=1S/C19H28FN3O3/c1-14-12-16(20)2-3-17(14)18-15(4-6-23(18)19(24)25)13-21-5-7-22-8-10-26-11-9-22/h2-3,12,15,18,21H,4-11,13H2,1H3,(H,24,25). The predicted octanol–water partition coefficient (Wildman–Crippen LogP) is 2.10. The number of hydrogen-bond acceptors (Lipinski definition) is 4. The van der Waals surface area contributed by atoms with Crippen LogP contribution in [0.15, 0.2) is 18.2 Å². The van der Waals surface area contributed by atoms with Crippen LogP contribution in [0.5, 0.6) is 0 Å². The smallest absolute Gasteiger partial charge is 0.407 e. The van der Waals surface area contributed by atoms with Gasteiger partial charge in [-0.15, -0.1) is 0 Å². The number of amides is 1. The summed E-state index contributed by atoms with van der Waals surface area (Å²) in [5.74, 6) is -0.0914. The number of morpholine rings is 1. The van der Waals surface area contributed by atoms with Crippen LogP contribution in [0.1, 0.15) is 23.6 Å². The van der Waals surface area contributed by atoms with Crippen molar-refractivity contribution in [3.05, 3.63) is 35.1 Å². The van der Waals surface area contributed by atoms with E-state index in [2.05, 4.69) is 10.2 Å². The molecule has 0 bridgehead atoms. The number of benzene rings is 1. The normalized spacial score (nSPS) is 24.2. The Hall–Kier alpha value is -1.70. The Morgan fingerprint density at radius 2 is 2.12 bits per heavy atom. The molecule has 2 atom stereocenters. The molecular formula is C19H28FN3O3. The number of nitrogens with zero attached hydrogens (tertiary/aromatic N) is 2. The van der Waals surface area contributed by atoms with E-state index in [1.165, 1.54) is 17.0 Å². The molecule has 2 saturated heterocycles. The molecule has 0 saturated carbocycles. The van der Waals surface area contributed by atoms with Crippen molar-refractivity contribution in [1.82, 2.24) is 15.1 Å². The molecule has 2 fully saturated rings. The van der Waals surface area contributed by atoms with Gasteiger partial charge < -0.3 is 20.1 Å². The third-order valence-electron chi connectivity index (χ3n) is 5.43. The summed E-state index contributed by atoms with van der Waals surface area (Å²) in [6.45, 7) is 8.49. The van der Waals surface area contributed by atoms with Gasteiger partial charge in [0, 0.05) is 39.3 Å². The van der Waals surface area contributed by atoms with E-state index in [4.69, 9.17) is 4.74 Å². The Kier molecular flexibility index (Phi) is 6.45. The van der Waals surface area contributed by atoms with Crippen LogP contribution < -0.4 is 5.32 Å². The fraction of sp³-hybridized carbons (Fsp3) is 0.632. The molecule has 26 heavy (non-hydrogen) atoms. The zero-order valence-corrected chi connectivity index (χ0v) is 15.3. The van der Waals surface area contributed by atoms with Crippen LogP contribution in [0, 0.1) is 18.7 Å². The largest absolute Gasteiger partial charge is 0.465 e. The van der Waals surface area contributed by atoms with E-state index in [1.807, 2.05) is 6.92 Å². The highest BCUT2D eigenvalue weighted by atomic mass is 19.1. The van der Waals surface area contributed by atoms with Crippen LogP contribution in [0.3, 0.4) is 0 Å². The predicted molar refractivity (Wildman–Crippen MR) is 96.8 cm³/mol. The maximum atomic E-state index is 13.5. The first-order chi connectivity index (χ1) is 12.6. The second kappa shape index (κ2) is 8.79. The summed E-state index contributed by atoms with van der Waals surface area (Å²) in [5, 5.41) is 13.1. The maximum Gasteiger partial charge on any atom is 0.407 e. The van der Waals surface area contributed by atoms with Gasteiger partial charge in [0.25, 0.3) is 0 Å². The molecule has 6 nitrogen and oxygen atoms in total. The number of carboxylic acid groups (broad SMARTS) is 1. The van der Waals surface area contributed by atoms with Gasteiger partial charge in [-0.2, -0.15) is 0 Å². The lowest BCUT2D eigenvalue weighted by Gasteiger charge is -2.29. The van der Waals surface area contributed by atoms with Crippen molar-refractivity contribution in [2.24, 2.45) is 5.92 Å². The molecule has 1 aromatic carbocycles. The summed E-state index contributed by atoms with van der Waals surface area (Å²) in [5.41, 5.74) is 1.72. The molecular weight excluding hydrogens is 337 g/mol. The molecule has 2 unspecified atom stereocenters. The van der Waals surface area contributed by atoms with Crippen LogP contribution in [-0.2, 0) is 4.74 Å². The van der Waals surface area contributed by atoms with Crippen molar-refractivity contribution >= 4 is 6.09 Å². The molecule has 2 heterocycles. The average Bonchev–Trinajstić information content (AvgIpc) is 3.03. The molecule has 2 aliphatic heterocycles. The van der Waals surface area contributed by atoms with Gasteiger partial charge in [-0.05, 0) is 42.5 Å². The van der Waals surface area contributed by atoms with Gasteiger partial charge in [-0.25, -0.2) is 9.18 Å². The molecule has 1 aromatic rings. The fourth-order valence-electron chi connectivity index (χ4n) is 4.03. The lowest BCUT2D eigenvalue weighted by molar-refractivity contribution is 0.0383. The Bertz CT molecular complexity index is 622. The zero-order chi connectivity index (χ0) is 18.5. The Morgan fingerprint density at radius 3 is 2.81 bits per heavy atom. The first-order valence-corrected chi connectivity index (χ1v) is 9.32. The molecule has 0 spiro atoms. The van der Waals surface area contributed by atoms with Crippen LogP contribution in [0.4, 0.5) is 9.18 Å². The van der Waals surface area contributed by atoms with Gasteiger partial charge in [-0.1, -0.05) is 6.07 Å². The number of ether oxygens (including phenoxy) is 1. The van der Waals surface area contributed by atoms with E-state index >= 15 is 0 Å². The Labute approximate surface area is 153 Å². The lowest BCUT2D eigenvalue weighted by atomic mass is 9.90. The highest BCUT2D eigenvalue weighted by molar-refractivity contribution is 5.66. The number of rotatable bonds is 6. The molecule has 3 rings (SSSR count). The number of likely N-dealkylation sites (tertiary alicyclic amines) is 1. The second-order valence-electron chi connectivity index (χ2n) is 7.13. The van der Waals surface area contributed by atoms with E-state index in [0.717, 1.165) is 63.5 Å². The molecule has 2 N–H and O–H groups in total. The summed E-state index contributed by atoms with van der Waals surface area (Å²) in [6, 6.07) is 4.42. The van der Waals surface area contributed by atoms with Crippen LogP contribution in [0.2, 0.25) is 0 Å². The quantitative estimate of drug-likeness (QED) is 0.756. The van der Waals surface area contributed by atoms with E-state index in [9.17, 15) is 14.3 Å². The summed E-state index contributed by atoms with van der Waals surface area (Å²) in [4.78, 5) is 15.5. The molecule has 144 valence electrons. The zero-order valence-electron chi connectivity index (χ0n) is 15.3. The topological polar surface area (TPSA) is 65.0 Å². The first-order valence-electron chi connectivity index (χ1n) is 9.32. The van der Waals surface area contributed by atoms with Crippen molar-refractivity contribution in [2.75, 3.05) is 52.5 Å². The van der Waals surface area contributed by atoms with Gasteiger partial charge in [0.05, 0.1) is 19.3 Å². The van der Waals surface area contributed by atoms with Crippen LogP contribution in [0.25, 0.3) is 0 Å². The first kappa shape index (κ1) is 19.1. The van der Waals surface area contributed by atoms with Gasteiger partial charge in [0.1, 0.15) is 5.82 Å². The number of nitrogens with one attached hydrogen (secondary N) is 1. The lowest BCUT2D eigenvalue weighted by Crippen LogP contribution is -2.41. The monoisotopic (exact) mass is 365 g/mol. The number of aryl methyl sites for hydroxylation is 1. The van der Waals surface area contributed by atoms with Crippen molar-refractivity contribution in [2.45, 2.75) is 19.4 Å². The average molecular weight is 365 g/mol. The fourth-order valence-corrected chi connectivity index (χ4v) is 4.03. The summed E-state index contributed by atoms with van der Waals surface area (Å²) >= 11 is 0. The number of halogens is 1. The minimum atomic E-state index is -0.908. The third kappa shape index (κ3) is 4.52. The van der Waals surface area contributed by atoms with Gasteiger partial charge >= 0.3 is 6.09 Å². The molecule has 0 radical (unpaired) electrons. The van der Waals surface area contributed by atoms with Crippen LogP contribution >= 0.6 is 0 Å². The van der Waals surface area contributed by atoms with E-state index in [0.29, 0.717) is 6.54 Å². The van der Waals surface area contributed by atoms with Crippen molar-refractivity contribution < 1.29 is 19.0 Å². The molecule has 2 aliphatic rings. The van der Waals surface area contributed by atoms with Crippen LogP contribution in [-0.4, -0.2) is 73.5 Å². The maximum absolute atomic E-state index is 13.5. The van der Waals surface area contributed by atoms with Gasteiger partial charge in [0.15, 0.2) is 0 Å². The summed E-state index contributed by atoms with van der Waals surface area (Å²) < 4.78 is 18.8. The number of hydrogen-bond donors (Lipinski definition) is 2.